The van der Waals surface area contributed by atoms with Gasteiger partial charge in [-0.05, 0) is 18.9 Å². The molecule has 0 radical (unpaired) electrons. The molecule has 23 heavy (non-hydrogen) atoms. The van der Waals surface area contributed by atoms with Crippen molar-refractivity contribution in [1.82, 2.24) is 5.32 Å². The summed E-state index contributed by atoms with van der Waals surface area (Å²) < 4.78 is 37.0. The Kier molecular flexibility index (Phi) is 5.44. The molecular formula is C16H17F2NO4. The first kappa shape index (κ1) is 17.1. The van der Waals surface area contributed by atoms with E-state index in [1.54, 1.807) is 0 Å². The highest BCUT2D eigenvalue weighted by Crippen LogP contribution is 2.34. The lowest BCUT2D eigenvalue weighted by molar-refractivity contribution is -0.135. The molecule has 1 saturated heterocycles. The van der Waals surface area contributed by atoms with Crippen molar-refractivity contribution in [1.29, 1.82) is 0 Å². The molecule has 1 fully saturated rings. The van der Waals surface area contributed by atoms with Crippen molar-refractivity contribution in [2.45, 2.75) is 18.4 Å². The molecule has 0 aliphatic carbocycles. The summed E-state index contributed by atoms with van der Waals surface area (Å²) in [4.78, 5) is 23.1. The highest BCUT2D eigenvalue weighted by atomic mass is 19.1. The second kappa shape index (κ2) is 7.32. The molecule has 0 bridgehead atoms. The highest BCUT2D eigenvalue weighted by molar-refractivity contribution is 5.94. The molecule has 1 amide bonds. The second-order valence-corrected chi connectivity index (χ2v) is 5.16. The fourth-order valence-electron chi connectivity index (χ4n) is 2.55. The summed E-state index contributed by atoms with van der Waals surface area (Å²) in [6.45, 7) is 0.662. The van der Waals surface area contributed by atoms with Gasteiger partial charge in [0.1, 0.15) is 11.6 Å². The van der Waals surface area contributed by atoms with E-state index in [1.807, 2.05) is 0 Å². The number of esters is 1. The number of nitrogens with one attached hydrogen (secondary N) is 1. The van der Waals surface area contributed by atoms with E-state index in [9.17, 15) is 18.4 Å². The number of hydrogen-bond acceptors (Lipinski definition) is 4. The van der Waals surface area contributed by atoms with Gasteiger partial charge in [-0.1, -0.05) is 6.07 Å². The van der Waals surface area contributed by atoms with Crippen molar-refractivity contribution in [2.75, 3.05) is 20.3 Å². The summed E-state index contributed by atoms with van der Waals surface area (Å²) in [7, 11) is 1.19. The lowest BCUT2D eigenvalue weighted by atomic mass is 9.82. The number of ether oxygens (including phenoxy) is 2. The first-order valence-corrected chi connectivity index (χ1v) is 7.08. The minimum atomic E-state index is -1.01. The molecule has 7 heteroatoms. The molecular weight excluding hydrogens is 308 g/mol. The highest BCUT2D eigenvalue weighted by Gasteiger charge is 2.37. The lowest BCUT2D eigenvalue weighted by Gasteiger charge is -2.38. The number of benzene rings is 1. The molecule has 0 atom stereocenters. The van der Waals surface area contributed by atoms with Crippen LogP contribution in [0.2, 0.25) is 0 Å². The van der Waals surface area contributed by atoms with Gasteiger partial charge in [-0.15, -0.1) is 0 Å². The van der Waals surface area contributed by atoms with Crippen molar-refractivity contribution in [3.8, 4) is 0 Å². The Morgan fingerprint density at radius 2 is 1.96 bits per heavy atom. The average molecular weight is 325 g/mol. The van der Waals surface area contributed by atoms with Gasteiger partial charge < -0.3 is 14.8 Å². The Morgan fingerprint density at radius 1 is 1.26 bits per heavy atom. The third-order valence-electron chi connectivity index (χ3n) is 3.73. The Hall–Kier alpha value is -2.28. The minimum absolute atomic E-state index is 0.196. The maximum Gasteiger partial charge on any atom is 0.330 e. The van der Waals surface area contributed by atoms with Gasteiger partial charge in [0.05, 0.1) is 12.6 Å². The topological polar surface area (TPSA) is 64.6 Å². The number of halogens is 2. The van der Waals surface area contributed by atoms with Crippen LogP contribution in [0.5, 0.6) is 0 Å². The van der Waals surface area contributed by atoms with Gasteiger partial charge in [0.2, 0.25) is 5.91 Å². The van der Waals surface area contributed by atoms with E-state index in [0.29, 0.717) is 26.1 Å². The Labute approximate surface area is 132 Å². The van der Waals surface area contributed by atoms with Gasteiger partial charge in [-0.25, -0.2) is 13.6 Å². The molecule has 0 saturated carbocycles. The summed E-state index contributed by atoms with van der Waals surface area (Å²) >= 11 is 0. The van der Waals surface area contributed by atoms with Gasteiger partial charge in [-0.3, -0.25) is 4.79 Å². The monoisotopic (exact) mass is 325 g/mol. The fraction of sp³-hybridized carbons (Fsp3) is 0.375. The summed E-state index contributed by atoms with van der Waals surface area (Å²) in [6.07, 6.45) is 2.68. The van der Waals surface area contributed by atoms with Crippen LogP contribution in [0.4, 0.5) is 8.78 Å². The molecule has 2 rings (SSSR count). The predicted molar refractivity (Wildman–Crippen MR) is 77.4 cm³/mol. The number of rotatable bonds is 4. The van der Waals surface area contributed by atoms with E-state index in [2.05, 4.69) is 10.1 Å². The summed E-state index contributed by atoms with van der Waals surface area (Å²) in [5.41, 5.74) is -0.810. The van der Waals surface area contributed by atoms with E-state index in [0.717, 1.165) is 24.3 Å². The fourth-order valence-corrected chi connectivity index (χ4v) is 2.55. The standard InChI is InChI=1S/C16H17F2NO4/c1-22-15(21)5-4-14(20)19-16(6-8-23-9-7-16)12-3-2-11(17)10-13(12)18/h2-5,10H,6-9H2,1H3,(H,19,20)/b5-4+. The van der Waals surface area contributed by atoms with Crippen LogP contribution in [-0.2, 0) is 24.6 Å². The largest absolute Gasteiger partial charge is 0.466 e. The Morgan fingerprint density at radius 3 is 2.57 bits per heavy atom. The van der Waals surface area contributed by atoms with Crippen LogP contribution in [0, 0.1) is 11.6 Å². The average Bonchev–Trinajstić information content (AvgIpc) is 2.53. The number of methoxy groups -OCH3 is 1. The maximum absolute atomic E-state index is 14.2. The zero-order valence-corrected chi connectivity index (χ0v) is 12.6. The quantitative estimate of drug-likeness (QED) is 0.677. The number of hydrogen-bond donors (Lipinski definition) is 1. The number of carbonyl (C=O) groups is 2. The smallest absolute Gasteiger partial charge is 0.330 e. The van der Waals surface area contributed by atoms with Gasteiger partial charge in [-0.2, -0.15) is 0 Å². The summed E-state index contributed by atoms with van der Waals surface area (Å²) in [5, 5.41) is 2.71. The Balaban J connectivity index is 2.27. The molecule has 1 aliphatic heterocycles. The molecule has 1 aliphatic rings. The SMILES string of the molecule is COC(=O)/C=C/C(=O)NC1(c2ccc(F)cc2F)CCOCC1. The van der Waals surface area contributed by atoms with Crippen LogP contribution >= 0.6 is 0 Å². The van der Waals surface area contributed by atoms with E-state index < -0.39 is 29.0 Å². The zero-order valence-electron chi connectivity index (χ0n) is 12.6. The van der Waals surface area contributed by atoms with Crippen LogP contribution in [-0.4, -0.2) is 32.2 Å². The molecule has 0 unspecified atom stereocenters. The minimum Gasteiger partial charge on any atom is -0.466 e. The molecule has 0 aromatic heterocycles. The molecule has 5 nitrogen and oxygen atoms in total. The first-order valence-electron chi connectivity index (χ1n) is 7.08. The van der Waals surface area contributed by atoms with Gasteiger partial charge in [0.15, 0.2) is 0 Å². The van der Waals surface area contributed by atoms with E-state index in [1.165, 1.54) is 13.2 Å². The molecule has 1 aromatic rings. The van der Waals surface area contributed by atoms with Gasteiger partial charge >= 0.3 is 5.97 Å². The van der Waals surface area contributed by atoms with Crippen LogP contribution < -0.4 is 5.32 Å². The number of carbonyl (C=O) groups excluding carboxylic acids is 2. The molecule has 1 N–H and O–H groups in total. The van der Waals surface area contributed by atoms with E-state index >= 15 is 0 Å². The van der Waals surface area contributed by atoms with Crippen molar-refractivity contribution in [3.63, 3.8) is 0 Å². The maximum atomic E-state index is 14.2. The Bertz CT molecular complexity index is 625. The third-order valence-corrected chi connectivity index (χ3v) is 3.73. The normalized spacial score (nSPS) is 17.0. The van der Waals surface area contributed by atoms with Crippen molar-refractivity contribution in [2.24, 2.45) is 0 Å². The molecule has 1 aromatic carbocycles. The first-order chi connectivity index (χ1) is 11.0. The van der Waals surface area contributed by atoms with Crippen LogP contribution in [0.25, 0.3) is 0 Å². The van der Waals surface area contributed by atoms with Crippen molar-refractivity contribution < 1.29 is 27.8 Å². The summed E-state index contributed by atoms with van der Waals surface area (Å²) in [5.74, 6) is -2.66. The van der Waals surface area contributed by atoms with Crippen LogP contribution in [0.3, 0.4) is 0 Å². The predicted octanol–water partition coefficient (Wildman–Crippen LogP) is 1.82. The summed E-state index contributed by atoms with van der Waals surface area (Å²) in [6, 6.07) is 3.25. The van der Waals surface area contributed by atoms with Gasteiger partial charge in [0, 0.05) is 37.0 Å². The zero-order chi connectivity index (χ0) is 16.9. The van der Waals surface area contributed by atoms with Crippen molar-refractivity contribution in [3.05, 3.63) is 47.5 Å². The van der Waals surface area contributed by atoms with Crippen LogP contribution in [0.1, 0.15) is 18.4 Å². The molecule has 1 heterocycles. The molecule has 0 spiro atoms. The lowest BCUT2D eigenvalue weighted by Crippen LogP contribution is -2.49. The third kappa shape index (κ3) is 4.13. The van der Waals surface area contributed by atoms with E-state index in [-0.39, 0.29) is 5.56 Å². The van der Waals surface area contributed by atoms with Crippen molar-refractivity contribution >= 4 is 11.9 Å². The molecule has 124 valence electrons. The van der Waals surface area contributed by atoms with E-state index in [4.69, 9.17) is 4.74 Å². The second-order valence-electron chi connectivity index (χ2n) is 5.16. The van der Waals surface area contributed by atoms with Gasteiger partial charge in [0.25, 0.3) is 0 Å². The van der Waals surface area contributed by atoms with Crippen LogP contribution in [0.15, 0.2) is 30.4 Å². The number of amides is 1.